The molecule has 2 saturated carbocycles. The normalized spacial score (nSPS) is 39.4. The van der Waals surface area contributed by atoms with E-state index in [2.05, 4.69) is 46.9 Å². The zero-order valence-corrected chi connectivity index (χ0v) is 12.2. The summed E-state index contributed by atoms with van der Waals surface area (Å²) in [4.78, 5) is 12.4. The molecule has 0 spiro atoms. The molecule has 0 aromatic rings. The molecule has 17 heavy (non-hydrogen) atoms. The van der Waals surface area contributed by atoms with Crippen LogP contribution >= 0.6 is 0 Å². The first-order valence-electron chi connectivity index (χ1n) is 6.89. The maximum atomic E-state index is 12.4. The average molecular weight is 237 g/mol. The monoisotopic (exact) mass is 237 g/mol. The van der Waals surface area contributed by atoms with E-state index in [-0.39, 0.29) is 17.4 Å². The molecule has 0 aromatic carbocycles. The highest BCUT2D eigenvalue weighted by molar-refractivity contribution is 5.80. The van der Waals surface area contributed by atoms with Gasteiger partial charge in [-0.2, -0.15) is 0 Å². The Morgan fingerprint density at radius 2 is 1.82 bits per heavy atom. The number of hydrogen-bond acceptors (Lipinski definition) is 1. The predicted octanol–water partition coefficient (Wildman–Crippen LogP) is 3.36. The quantitative estimate of drug-likeness (QED) is 0.744. The minimum atomic E-state index is -0.107. The minimum Gasteiger partial charge on any atom is -0.351 e. The van der Waals surface area contributed by atoms with Crippen LogP contribution in [0.4, 0.5) is 0 Å². The molecule has 2 nitrogen and oxygen atoms in total. The second kappa shape index (κ2) is 3.49. The van der Waals surface area contributed by atoms with Crippen LogP contribution < -0.4 is 5.32 Å². The van der Waals surface area contributed by atoms with E-state index >= 15 is 0 Å². The second-order valence-electron chi connectivity index (χ2n) is 7.98. The highest BCUT2D eigenvalue weighted by Gasteiger charge is 2.62. The van der Waals surface area contributed by atoms with Crippen molar-refractivity contribution in [2.75, 3.05) is 0 Å². The van der Waals surface area contributed by atoms with E-state index in [0.29, 0.717) is 16.7 Å². The minimum absolute atomic E-state index is 0.107. The van der Waals surface area contributed by atoms with Crippen molar-refractivity contribution in [3.8, 4) is 0 Å². The second-order valence-corrected chi connectivity index (χ2v) is 7.98. The first-order chi connectivity index (χ1) is 7.57. The molecule has 2 heteroatoms. The van der Waals surface area contributed by atoms with Gasteiger partial charge in [0.15, 0.2) is 0 Å². The Labute approximate surface area is 106 Å². The van der Waals surface area contributed by atoms with Crippen LogP contribution in [0.5, 0.6) is 0 Å². The predicted molar refractivity (Wildman–Crippen MR) is 70.6 cm³/mol. The van der Waals surface area contributed by atoms with Crippen LogP contribution in [0.2, 0.25) is 0 Å². The summed E-state index contributed by atoms with van der Waals surface area (Å²) in [6.07, 6.45) is 3.60. The Morgan fingerprint density at radius 1 is 1.24 bits per heavy atom. The van der Waals surface area contributed by atoms with Crippen LogP contribution in [0.1, 0.15) is 60.8 Å². The maximum absolute atomic E-state index is 12.4. The van der Waals surface area contributed by atoms with Gasteiger partial charge in [0, 0.05) is 11.5 Å². The van der Waals surface area contributed by atoms with Gasteiger partial charge in [0.1, 0.15) is 0 Å². The Bertz CT molecular complexity index is 337. The van der Waals surface area contributed by atoms with Crippen molar-refractivity contribution in [2.24, 2.45) is 22.7 Å². The van der Waals surface area contributed by atoms with Crippen LogP contribution in [-0.2, 0) is 4.79 Å². The van der Waals surface area contributed by atoms with Crippen LogP contribution in [0.15, 0.2) is 0 Å². The number of amides is 1. The van der Waals surface area contributed by atoms with Crippen molar-refractivity contribution in [1.82, 2.24) is 5.32 Å². The molecular weight excluding hydrogens is 210 g/mol. The van der Waals surface area contributed by atoms with Gasteiger partial charge in [-0.05, 0) is 56.8 Å². The Hall–Kier alpha value is -0.530. The van der Waals surface area contributed by atoms with E-state index in [4.69, 9.17) is 0 Å². The third-order valence-electron chi connectivity index (χ3n) is 5.48. The van der Waals surface area contributed by atoms with Gasteiger partial charge in [0.25, 0.3) is 0 Å². The summed E-state index contributed by atoms with van der Waals surface area (Å²) < 4.78 is 0. The molecule has 98 valence electrons. The number of rotatable bonds is 1. The van der Waals surface area contributed by atoms with Crippen molar-refractivity contribution in [3.05, 3.63) is 0 Å². The maximum Gasteiger partial charge on any atom is 0.223 e. The molecule has 3 atom stereocenters. The van der Waals surface area contributed by atoms with Crippen molar-refractivity contribution in [1.29, 1.82) is 0 Å². The Morgan fingerprint density at radius 3 is 2.18 bits per heavy atom. The molecule has 1 N–H and O–H groups in total. The topological polar surface area (TPSA) is 29.1 Å². The molecule has 2 bridgehead atoms. The molecule has 0 aromatic heterocycles. The lowest BCUT2D eigenvalue weighted by atomic mass is 9.71. The van der Waals surface area contributed by atoms with Crippen LogP contribution in [-0.4, -0.2) is 11.4 Å². The average Bonchev–Trinajstić information content (AvgIpc) is 2.45. The molecule has 1 amide bonds. The zero-order valence-electron chi connectivity index (χ0n) is 12.2. The SMILES string of the molecule is CC(C)(C)NC(=O)[C@H]1C[C@]2(C)CC[C@@H]1C2(C)C. The van der Waals surface area contributed by atoms with Gasteiger partial charge in [-0.1, -0.05) is 20.8 Å². The summed E-state index contributed by atoms with van der Waals surface area (Å²) in [6, 6.07) is 0. The van der Waals surface area contributed by atoms with Gasteiger partial charge in [-0.3, -0.25) is 4.79 Å². The smallest absolute Gasteiger partial charge is 0.223 e. The number of hydrogen-bond donors (Lipinski definition) is 1. The number of fused-ring (bicyclic) bond motifs is 2. The van der Waals surface area contributed by atoms with Gasteiger partial charge in [0.2, 0.25) is 5.91 Å². The van der Waals surface area contributed by atoms with Crippen LogP contribution in [0, 0.1) is 22.7 Å². The van der Waals surface area contributed by atoms with Crippen molar-refractivity contribution < 1.29 is 4.79 Å². The van der Waals surface area contributed by atoms with Gasteiger partial charge < -0.3 is 5.32 Å². The van der Waals surface area contributed by atoms with Gasteiger partial charge >= 0.3 is 0 Å². The lowest BCUT2D eigenvalue weighted by molar-refractivity contribution is -0.128. The standard InChI is InChI=1S/C15H27NO/c1-13(2,3)16-12(17)10-9-15(6)8-7-11(10)14(15,4)5/h10-11H,7-9H2,1-6H3,(H,16,17)/t10-,11-,15-/m0/s1. The van der Waals surface area contributed by atoms with Crippen molar-refractivity contribution in [2.45, 2.75) is 66.3 Å². The molecule has 0 saturated heterocycles. The molecular formula is C15H27NO. The lowest BCUT2D eigenvalue weighted by Gasteiger charge is -2.34. The summed E-state index contributed by atoms with van der Waals surface area (Å²) in [6.45, 7) is 13.3. The van der Waals surface area contributed by atoms with E-state index in [1.54, 1.807) is 0 Å². The van der Waals surface area contributed by atoms with Crippen molar-refractivity contribution >= 4 is 5.91 Å². The number of carbonyl (C=O) groups excluding carboxylic acids is 1. The van der Waals surface area contributed by atoms with E-state index in [1.807, 2.05) is 0 Å². The Kier molecular flexibility index (Phi) is 2.65. The summed E-state index contributed by atoms with van der Waals surface area (Å²) >= 11 is 0. The van der Waals surface area contributed by atoms with Gasteiger partial charge in [-0.25, -0.2) is 0 Å². The highest BCUT2D eigenvalue weighted by Crippen LogP contribution is 2.67. The van der Waals surface area contributed by atoms with E-state index in [0.717, 1.165) is 6.42 Å². The lowest BCUT2D eigenvalue weighted by Crippen LogP contribution is -2.45. The molecule has 2 aliphatic carbocycles. The third kappa shape index (κ3) is 1.90. The van der Waals surface area contributed by atoms with Gasteiger partial charge in [0.05, 0.1) is 0 Å². The molecule has 0 aliphatic heterocycles. The molecule has 2 aliphatic rings. The summed E-state index contributed by atoms with van der Waals surface area (Å²) in [5.41, 5.74) is 0.592. The summed E-state index contributed by atoms with van der Waals surface area (Å²) in [7, 11) is 0. The fraction of sp³-hybridized carbons (Fsp3) is 0.933. The fourth-order valence-electron chi connectivity index (χ4n) is 4.04. The molecule has 0 radical (unpaired) electrons. The fourth-order valence-corrected chi connectivity index (χ4v) is 4.04. The van der Waals surface area contributed by atoms with Crippen molar-refractivity contribution in [3.63, 3.8) is 0 Å². The molecule has 2 rings (SSSR count). The van der Waals surface area contributed by atoms with E-state index < -0.39 is 0 Å². The highest BCUT2D eigenvalue weighted by atomic mass is 16.2. The Balaban J connectivity index is 2.15. The third-order valence-corrected chi connectivity index (χ3v) is 5.48. The first-order valence-corrected chi connectivity index (χ1v) is 6.89. The van der Waals surface area contributed by atoms with Gasteiger partial charge in [-0.15, -0.1) is 0 Å². The summed E-state index contributed by atoms with van der Waals surface area (Å²) in [5.74, 6) is 1.09. The zero-order chi connectivity index (χ0) is 13.1. The van der Waals surface area contributed by atoms with E-state index in [9.17, 15) is 4.79 Å². The number of nitrogens with one attached hydrogen (secondary N) is 1. The first kappa shape index (κ1) is 12.9. The molecule has 0 heterocycles. The van der Waals surface area contributed by atoms with E-state index in [1.165, 1.54) is 12.8 Å². The molecule has 0 unspecified atom stereocenters. The van der Waals surface area contributed by atoms with Crippen LogP contribution in [0.3, 0.4) is 0 Å². The number of carbonyl (C=O) groups is 1. The largest absolute Gasteiger partial charge is 0.351 e. The molecule has 2 fully saturated rings. The van der Waals surface area contributed by atoms with Crippen LogP contribution in [0.25, 0.3) is 0 Å². The summed E-state index contributed by atoms with van der Waals surface area (Å²) in [5, 5.41) is 3.16.